The average Bonchev–Trinajstić information content (AvgIpc) is 3.07. The first kappa shape index (κ1) is 18.5. The first-order valence-corrected chi connectivity index (χ1v) is 8.69. The zero-order valence-corrected chi connectivity index (χ0v) is 14.9. The van der Waals surface area contributed by atoms with Gasteiger partial charge in [-0.15, -0.1) is 0 Å². The van der Waals surface area contributed by atoms with Crippen LogP contribution >= 0.6 is 0 Å². The van der Waals surface area contributed by atoms with Gasteiger partial charge < -0.3 is 14.1 Å². The number of oxazole rings is 1. The van der Waals surface area contributed by atoms with E-state index >= 15 is 0 Å². The summed E-state index contributed by atoms with van der Waals surface area (Å²) in [5.41, 5.74) is -0.0105. The molecule has 1 amide bonds. The molecule has 0 aliphatic carbocycles. The molecule has 0 saturated carbocycles. The van der Waals surface area contributed by atoms with E-state index in [1.165, 1.54) is 12.5 Å². The SMILES string of the molecule is CC(C)(C)COC(=O)N1CCC(CCCC(=O)c2ncco2)CC1. The smallest absolute Gasteiger partial charge is 0.409 e. The molecule has 6 heteroatoms. The Bertz CT molecular complexity index is 526. The quantitative estimate of drug-likeness (QED) is 0.736. The number of hydrogen-bond acceptors (Lipinski definition) is 5. The van der Waals surface area contributed by atoms with Gasteiger partial charge in [0, 0.05) is 19.5 Å². The molecule has 2 rings (SSSR count). The summed E-state index contributed by atoms with van der Waals surface area (Å²) in [4.78, 5) is 29.5. The maximum atomic E-state index is 12.0. The summed E-state index contributed by atoms with van der Waals surface area (Å²) in [5, 5.41) is 0. The number of aromatic nitrogens is 1. The van der Waals surface area contributed by atoms with Crippen LogP contribution in [0, 0.1) is 11.3 Å². The van der Waals surface area contributed by atoms with Crippen LogP contribution in [0.2, 0.25) is 0 Å². The fourth-order valence-electron chi connectivity index (χ4n) is 2.79. The van der Waals surface area contributed by atoms with Crippen molar-refractivity contribution in [2.45, 2.75) is 52.9 Å². The van der Waals surface area contributed by atoms with E-state index in [1.54, 1.807) is 4.90 Å². The second-order valence-corrected chi connectivity index (χ2v) is 7.70. The van der Waals surface area contributed by atoms with Gasteiger partial charge in [-0.25, -0.2) is 9.78 Å². The van der Waals surface area contributed by atoms with Gasteiger partial charge in [-0.05, 0) is 37.0 Å². The molecule has 0 bridgehead atoms. The lowest BCUT2D eigenvalue weighted by Crippen LogP contribution is -2.39. The number of rotatable bonds is 6. The van der Waals surface area contributed by atoms with Gasteiger partial charge in [0.1, 0.15) is 6.26 Å². The zero-order valence-electron chi connectivity index (χ0n) is 14.9. The first-order chi connectivity index (χ1) is 11.3. The zero-order chi connectivity index (χ0) is 17.6. The number of ether oxygens (including phenoxy) is 1. The van der Waals surface area contributed by atoms with Crippen LogP contribution in [-0.2, 0) is 4.74 Å². The van der Waals surface area contributed by atoms with Crippen LogP contribution in [0.3, 0.4) is 0 Å². The normalized spacial score (nSPS) is 16.2. The molecule has 1 aliphatic heterocycles. The minimum absolute atomic E-state index is 0.0105. The third-order valence-corrected chi connectivity index (χ3v) is 4.19. The highest BCUT2D eigenvalue weighted by molar-refractivity contribution is 5.91. The number of hydrogen-bond donors (Lipinski definition) is 0. The molecule has 1 aliphatic rings. The van der Waals surface area contributed by atoms with E-state index < -0.39 is 0 Å². The predicted octanol–water partition coefficient (Wildman–Crippen LogP) is 3.92. The monoisotopic (exact) mass is 336 g/mol. The molecule has 0 unspecified atom stereocenters. The third-order valence-electron chi connectivity index (χ3n) is 4.19. The third kappa shape index (κ3) is 5.98. The number of likely N-dealkylation sites (tertiary alicyclic amines) is 1. The van der Waals surface area contributed by atoms with Crippen LogP contribution < -0.4 is 0 Å². The lowest BCUT2D eigenvalue weighted by Gasteiger charge is -2.32. The number of piperidine rings is 1. The maximum absolute atomic E-state index is 12.0. The molecule has 2 heterocycles. The Morgan fingerprint density at radius 3 is 2.62 bits per heavy atom. The fraction of sp³-hybridized carbons (Fsp3) is 0.722. The summed E-state index contributed by atoms with van der Waals surface area (Å²) in [5.74, 6) is 0.726. The highest BCUT2D eigenvalue weighted by Gasteiger charge is 2.25. The van der Waals surface area contributed by atoms with E-state index in [9.17, 15) is 9.59 Å². The summed E-state index contributed by atoms with van der Waals surface area (Å²) in [7, 11) is 0. The second kappa shape index (κ2) is 8.31. The van der Waals surface area contributed by atoms with Crippen molar-refractivity contribution in [1.29, 1.82) is 0 Å². The summed E-state index contributed by atoms with van der Waals surface area (Å²) in [6.45, 7) is 8.06. The van der Waals surface area contributed by atoms with Gasteiger partial charge in [-0.2, -0.15) is 0 Å². The van der Waals surface area contributed by atoms with Gasteiger partial charge in [0.15, 0.2) is 0 Å². The van der Waals surface area contributed by atoms with Gasteiger partial charge in [0.2, 0.25) is 5.78 Å². The molecule has 6 nitrogen and oxygen atoms in total. The molecule has 0 atom stereocenters. The molecule has 0 spiro atoms. The molecule has 1 aromatic heterocycles. The van der Waals surface area contributed by atoms with Crippen molar-refractivity contribution in [1.82, 2.24) is 9.88 Å². The van der Waals surface area contributed by atoms with E-state index in [1.807, 2.05) is 20.8 Å². The summed E-state index contributed by atoms with van der Waals surface area (Å²) in [6, 6.07) is 0. The van der Waals surface area contributed by atoms with Gasteiger partial charge in [-0.1, -0.05) is 20.8 Å². The van der Waals surface area contributed by atoms with Gasteiger partial charge in [0.25, 0.3) is 5.89 Å². The molecular formula is C18H28N2O4. The Balaban J connectivity index is 1.62. The van der Waals surface area contributed by atoms with Crippen molar-refractivity contribution in [2.24, 2.45) is 11.3 Å². The molecule has 24 heavy (non-hydrogen) atoms. The minimum atomic E-state index is -0.206. The van der Waals surface area contributed by atoms with Crippen molar-refractivity contribution < 1.29 is 18.7 Å². The van der Waals surface area contributed by atoms with Crippen molar-refractivity contribution in [3.05, 3.63) is 18.4 Å². The minimum Gasteiger partial charge on any atom is -0.449 e. The Hall–Kier alpha value is -1.85. The lowest BCUT2D eigenvalue weighted by molar-refractivity contribution is 0.0613. The molecule has 0 radical (unpaired) electrons. The fourth-order valence-corrected chi connectivity index (χ4v) is 2.79. The van der Waals surface area contributed by atoms with Gasteiger partial charge in [-0.3, -0.25) is 4.79 Å². The molecule has 134 valence electrons. The van der Waals surface area contributed by atoms with E-state index in [0.717, 1.165) is 38.8 Å². The molecule has 1 aromatic rings. The first-order valence-electron chi connectivity index (χ1n) is 8.69. The standard InChI is InChI=1S/C18H28N2O4/c1-18(2,3)13-24-17(22)20-10-7-14(8-11-20)5-4-6-15(21)16-19-9-12-23-16/h9,12,14H,4-8,10-11,13H2,1-3H3. The lowest BCUT2D eigenvalue weighted by atomic mass is 9.91. The van der Waals surface area contributed by atoms with Crippen molar-refractivity contribution in [3.63, 3.8) is 0 Å². The van der Waals surface area contributed by atoms with E-state index in [0.29, 0.717) is 18.9 Å². The Morgan fingerprint density at radius 1 is 1.33 bits per heavy atom. The second-order valence-electron chi connectivity index (χ2n) is 7.70. The van der Waals surface area contributed by atoms with E-state index in [2.05, 4.69) is 4.98 Å². The highest BCUT2D eigenvalue weighted by atomic mass is 16.6. The maximum Gasteiger partial charge on any atom is 0.409 e. The molecule has 1 saturated heterocycles. The molecule has 1 fully saturated rings. The van der Waals surface area contributed by atoms with Crippen LogP contribution in [0.1, 0.15) is 63.6 Å². The van der Waals surface area contributed by atoms with Crippen molar-refractivity contribution in [3.8, 4) is 0 Å². The van der Waals surface area contributed by atoms with Crippen LogP contribution in [0.5, 0.6) is 0 Å². The number of carbonyl (C=O) groups is 2. The topological polar surface area (TPSA) is 72.6 Å². The van der Waals surface area contributed by atoms with Crippen LogP contribution in [-0.4, -0.2) is 41.5 Å². The van der Waals surface area contributed by atoms with Crippen LogP contribution in [0.4, 0.5) is 4.79 Å². The molecular weight excluding hydrogens is 308 g/mol. The van der Waals surface area contributed by atoms with Gasteiger partial charge in [0.05, 0.1) is 12.8 Å². The number of carbonyl (C=O) groups excluding carboxylic acids is 2. The summed E-state index contributed by atoms with van der Waals surface area (Å²) in [6.07, 6.45) is 6.94. The van der Waals surface area contributed by atoms with Crippen LogP contribution in [0.25, 0.3) is 0 Å². The van der Waals surface area contributed by atoms with Crippen molar-refractivity contribution in [2.75, 3.05) is 19.7 Å². The van der Waals surface area contributed by atoms with Crippen molar-refractivity contribution >= 4 is 11.9 Å². The summed E-state index contributed by atoms with van der Waals surface area (Å²) < 4.78 is 10.4. The number of amides is 1. The Morgan fingerprint density at radius 2 is 2.04 bits per heavy atom. The Kier molecular flexibility index (Phi) is 6.40. The number of ketones is 1. The van der Waals surface area contributed by atoms with Crippen LogP contribution in [0.15, 0.2) is 16.9 Å². The highest BCUT2D eigenvalue weighted by Crippen LogP contribution is 2.24. The average molecular weight is 336 g/mol. The molecule has 0 N–H and O–H groups in total. The van der Waals surface area contributed by atoms with E-state index in [-0.39, 0.29) is 23.2 Å². The predicted molar refractivity (Wildman–Crippen MR) is 89.8 cm³/mol. The largest absolute Gasteiger partial charge is 0.449 e. The van der Waals surface area contributed by atoms with E-state index in [4.69, 9.17) is 9.15 Å². The summed E-state index contributed by atoms with van der Waals surface area (Å²) >= 11 is 0. The Labute approximate surface area is 143 Å². The number of Topliss-reactive ketones (excluding diaryl/α,β-unsaturated/α-hetero) is 1. The van der Waals surface area contributed by atoms with Gasteiger partial charge >= 0.3 is 6.09 Å². The molecule has 0 aromatic carbocycles. The number of nitrogens with zero attached hydrogens (tertiary/aromatic N) is 2.